The summed E-state index contributed by atoms with van der Waals surface area (Å²) >= 11 is 6.85. The number of aromatic nitrogens is 1. The zero-order chi connectivity index (χ0) is 13.5. The zero-order valence-electron chi connectivity index (χ0n) is 10.7. The van der Waals surface area contributed by atoms with Crippen LogP contribution in [0.1, 0.15) is 38.8 Å². The van der Waals surface area contributed by atoms with Crippen molar-refractivity contribution in [1.82, 2.24) is 9.29 Å². The van der Waals surface area contributed by atoms with E-state index in [9.17, 15) is 8.42 Å². The van der Waals surface area contributed by atoms with Crippen LogP contribution in [0.15, 0.2) is 4.21 Å². The first kappa shape index (κ1) is 14.2. The van der Waals surface area contributed by atoms with Crippen LogP contribution >= 0.6 is 22.9 Å². The Morgan fingerprint density at radius 1 is 1.33 bits per heavy atom. The molecule has 1 aromatic rings. The highest BCUT2D eigenvalue weighted by atomic mass is 35.5. The summed E-state index contributed by atoms with van der Waals surface area (Å²) in [5.74, 6) is 0. The van der Waals surface area contributed by atoms with Crippen LogP contribution in [-0.2, 0) is 10.0 Å². The van der Waals surface area contributed by atoms with Gasteiger partial charge in [-0.1, -0.05) is 29.4 Å². The summed E-state index contributed by atoms with van der Waals surface area (Å²) in [6.07, 6.45) is 2.90. The molecule has 0 N–H and O–H groups in total. The van der Waals surface area contributed by atoms with Gasteiger partial charge < -0.3 is 0 Å². The van der Waals surface area contributed by atoms with E-state index in [2.05, 4.69) is 4.98 Å². The second kappa shape index (κ2) is 5.07. The maximum absolute atomic E-state index is 12.7. The molecule has 1 fully saturated rings. The minimum atomic E-state index is -3.47. The van der Waals surface area contributed by atoms with Crippen molar-refractivity contribution in [2.75, 3.05) is 0 Å². The molecule has 0 bridgehead atoms. The molecule has 1 aliphatic rings. The number of hydrogen-bond acceptors (Lipinski definition) is 4. The first-order valence-corrected chi connectivity index (χ1v) is 8.64. The summed E-state index contributed by atoms with van der Waals surface area (Å²) in [4.78, 5) is 4.00. The number of piperidine rings is 1. The number of hydrogen-bond donors (Lipinski definition) is 0. The number of halogens is 1. The fourth-order valence-corrected chi connectivity index (χ4v) is 6.27. The van der Waals surface area contributed by atoms with E-state index in [4.69, 9.17) is 11.6 Å². The average molecular weight is 309 g/mol. The number of aryl methyl sites for hydroxylation is 1. The number of thiazole rings is 1. The SMILES string of the molecule is Cc1nc(Cl)sc1S(=O)(=O)N1[C@H](C)CCC[C@@H]1C. The van der Waals surface area contributed by atoms with Gasteiger partial charge in [0, 0.05) is 12.1 Å². The second-order valence-corrected chi connectivity index (χ2v) is 8.42. The van der Waals surface area contributed by atoms with E-state index in [1.54, 1.807) is 11.2 Å². The summed E-state index contributed by atoms with van der Waals surface area (Å²) in [5.41, 5.74) is 0.495. The highest BCUT2D eigenvalue weighted by Crippen LogP contribution is 2.34. The van der Waals surface area contributed by atoms with Crippen molar-refractivity contribution in [2.45, 2.75) is 56.3 Å². The third kappa shape index (κ3) is 2.43. The van der Waals surface area contributed by atoms with Crippen LogP contribution < -0.4 is 0 Å². The molecule has 0 amide bonds. The first-order chi connectivity index (χ1) is 8.34. The molecule has 4 nitrogen and oxygen atoms in total. The van der Waals surface area contributed by atoms with Gasteiger partial charge in [0.25, 0.3) is 10.0 Å². The van der Waals surface area contributed by atoms with Crippen molar-refractivity contribution in [3.63, 3.8) is 0 Å². The molecule has 0 aliphatic carbocycles. The van der Waals surface area contributed by atoms with Gasteiger partial charge >= 0.3 is 0 Å². The molecular weight excluding hydrogens is 292 g/mol. The maximum atomic E-state index is 12.7. The van der Waals surface area contributed by atoms with Crippen LogP contribution in [0.25, 0.3) is 0 Å². The van der Waals surface area contributed by atoms with Crippen LogP contribution in [0.3, 0.4) is 0 Å². The standard InChI is InChI=1S/C11H17ClN2O2S2/c1-7-5-4-6-8(2)14(7)18(15,16)10-9(3)13-11(12)17-10/h7-8H,4-6H2,1-3H3/t7-,8+. The molecular formula is C11H17ClN2O2S2. The molecule has 0 spiro atoms. The molecule has 0 unspecified atom stereocenters. The van der Waals surface area contributed by atoms with Crippen LogP contribution in [0.5, 0.6) is 0 Å². The predicted octanol–water partition coefficient (Wildman–Crippen LogP) is 3.06. The zero-order valence-corrected chi connectivity index (χ0v) is 13.1. The topological polar surface area (TPSA) is 50.3 Å². The van der Waals surface area contributed by atoms with Crippen LogP contribution in [0.4, 0.5) is 0 Å². The Balaban J connectivity index is 2.44. The Hall–Kier alpha value is -0.170. The van der Waals surface area contributed by atoms with E-state index >= 15 is 0 Å². The van der Waals surface area contributed by atoms with E-state index in [0.717, 1.165) is 30.6 Å². The van der Waals surface area contributed by atoms with Crippen molar-refractivity contribution in [2.24, 2.45) is 0 Å². The fourth-order valence-electron chi connectivity index (χ4n) is 2.56. The first-order valence-electron chi connectivity index (χ1n) is 6.00. The summed E-state index contributed by atoms with van der Waals surface area (Å²) in [7, 11) is -3.47. The van der Waals surface area contributed by atoms with E-state index in [0.29, 0.717) is 5.69 Å². The molecule has 1 aromatic heterocycles. The van der Waals surface area contributed by atoms with Gasteiger partial charge in [0.05, 0.1) is 5.69 Å². The van der Waals surface area contributed by atoms with Crippen LogP contribution in [0.2, 0.25) is 4.47 Å². The van der Waals surface area contributed by atoms with Crippen molar-refractivity contribution < 1.29 is 8.42 Å². The van der Waals surface area contributed by atoms with Crippen molar-refractivity contribution in [3.05, 3.63) is 10.2 Å². The molecule has 0 saturated carbocycles. The lowest BCUT2D eigenvalue weighted by atomic mass is 10.0. The maximum Gasteiger partial charge on any atom is 0.254 e. The number of sulfonamides is 1. The lowest BCUT2D eigenvalue weighted by molar-refractivity contribution is 0.204. The van der Waals surface area contributed by atoms with Gasteiger partial charge in [-0.05, 0) is 33.6 Å². The molecule has 0 radical (unpaired) electrons. The number of nitrogens with zero attached hydrogens (tertiary/aromatic N) is 2. The molecule has 7 heteroatoms. The molecule has 102 valence electrons. The Labute approximate surface area is 117 Å². The minimum absolute atomic E-state index is 0.0408. The van der Waals surface area contributed by atoms with E-state index in [-0.39, 0.29) is 20.8 Å². The Morgan fingerprint density at radius 2 is 1.89 bits per heavy atom. The van der Waals surface area contributed by atoms with Gasteiger partial charge in [-0.3, -0.25) is 0 Å². The van der Waals surface area contributed by atoms with Crippen LogP contribution in [-0.4, -0.2) is 29.8 Å². The fraction of sp³-hybridized carbons (Fsp3) is 0.727. The summed E-state index contributed by atoms with van der Waals surface area (Å²) < 4.78 is 27.5. The Kier molecular flexibility index (Phi) is 4.02. The molecule has 1 saturated heterocycles. The molecule has 2 rings (SSSR count). The lowest BCUT2D eigenvalue weighted by Gasteiger charge is -2.37. The van der Waals surface area contributed by atoms with Crippen molar-refractivity contribution in [3.8, 4) is 0 Å². The van der Waals surface area contributed by atoms with Gasteiger partial charge in [-0.25, -0.2) is 13.4 Å². The smallest absolute Gasteiger partial charge is 0.229 e. The Morgan fingerprint density at radius 3 is 2.33 bits per heavy atom. The molecule has 1 aliphatic heterocycles. The quantitative estimate of drug-likeness (QED) is 0.843. The molecule has 0 aromatic carbocycles. The summed E-state index contributed by atoms with van der Waals surface area (Å²) in [6.45, 7) is 5.62. The normalized spacial score (nSPS) is 26.4. The van der Waals surface area contributed by atoms with Gasteiger partial charge in [0.2, 0.25) is 0 Å². The highest BCUT2D eigenvalue weighted by molar-refractivity contribution is 7.91. The predicted molar refractivity (Wildman–Crippen MR) is 73.7 cm³/mol. The van der Waals surface area contributed by atoms with Gasteiger partial charge in [0.15, 0.2) is 8.68 Å². The monoisotopic (exact) mass is 308 g/mol. The van der Waals surface area contributed by atoms with Crippen molar-refractivity contribution >= 4 is 33.0 Å². The minimum Gasteiger partial charge on any atom is -0.229 e. The van der Waals surface area contributed by atoms with Crippen molar-refractivity contribution in [1.29, 1.82) is 0 Å². The summed E-state index contributed by atoms with van der Waals surface area (Å²) in [6, 6.07) is 0.0815. The van der Waals surface area contributed by atoms with Gasteiger partial charge in [-0.2, -0.15) is 4.31 Å². The van der Waals surface area contributed by atoms with Gasteiger partial charge in [-0.15, -0.1) is 0 Å². The average Bonchev–Trinajstić information content (AvgIpc) is 2.57. The highest BCUT2D eigenvalue weighted by Gasteiger charge is 2.37. The summed E-state index contributed by atoms with van der Waals surface area (Å²) in [5, 5.41) is 0. The molecule has 2 heterocycles. The second-order valence-electron chi connectivity index (χ2n) is 4.80. The largest absolute Gasteiger partial charge is 0.254 e. The van der Waals surface area contributed by atoms with Crippen LogP contribution in [0, 0.1) is 6.92 Å². The lowest BCUT2D eigenvalue weighted by Crippen LogP contribution is -2.47. The van der Waals surface area contributed by atoms with E-state index in [1.807, 2.05) is 13.8 Å². The third-order valence-corrected chi connectivity index (χ3v) is 7.33. The third-order valence-electron chi connectivity index (χ3n) is 3.35. The van der Waals surface area contributed by atoms with Gasteiger partial charge in [0.1, 0.15) is 0 Å². The van der Waals surface area contributed by atoms with E-state index in [1.165, 1.54) is 0 Å². The molecule has 18 heavy (non-hydrogen) atoms. The molecule has 2 atom stereocenters. The Bertz CT molecular complexity index is 531. The van der Waals surface area contributed by atoms with E-state index < -0.39 is 10.0 Å². The number of rotatable bonds is 2.